The van der Waals surface area contributed by atoms with Gasteiger partial charge in [0, 0.05) is 23.2 Å². The highest BCUT2D eigenvalue weighted by Crippen LogP contribution is 2.44. The van der Waals surface area contributed by atoms with E-state index in [9.17, 15) is 0 Å². The van der Waals surface area contributed by atoms with Gasteiger partial charge >= 0.3 is 0 Å². The van der Waals surface area contributed by atoms with E-state index in [-0.39, 0.29) is 0 Å². The molecule has 0 aromatic carbocycles. The Bertz CT molecular complexity index is 368. The summed E-state index contributed by atoms with van der Waals surface area (Å²) in [6, 6.07) is 0. The number of thioether (sulfide) groups is 1. The zero-order valence-electron chi connectivity index (χ0n) is 8.67. The summed E-state index contributed by atoms with van der Waals surface area (Å²) in [5.74, 6) is 0. The predicted molar refractivity (Wildman–Crippen MR) is 64.5 cm³/mol. The van der Waals surface area contributed by atoms with Crippen LogP contribution >= 0.6 is 24.0 Å². The first kappa shape index (κ1) is 10.3. The molecular formula is C10H16N2S2. The van der Waals surface area contributed by atoms with E-state index in [0.717, 1.165) is 17.0 Å². The second-order valence-electron chi connectivity index (χ2n) is 4.11. The van der Waals surface area contributed by atoms with E-state index in [2.05, 4.69) is 28.9 Å². The molecule has 0 radical (unpaired) electrons. The van der Waals surface area contributed by atoms with Gasteiger partial charge in [0.05, 0.1) is 0 Å². The van der Waals surface area contributed by atoms with Crippen molar-refractivity contribution in [1.82, 2.24) is 9.55 Å². The molecule has 2 nitrogen and oxygen atoms in total. The maximum atomic E-state index is 5.26. The van der Waals surface area contributed by atoms with E-state index in [1.807, 2.05) is 11.8 Å². The lowest BCUT2D eigenvalue weighted by atomic mass is 9.84. The molecule has 1 heterocycles. The predicted octanol–water partition coefficient (Wildman–Crippen LogP) is 3.14. The van der Waals surface area contributed by atoms with Crippen molar-refractivity contribution in [2.75, 3.05) is 6.26 Å². The molecular weight excluding hydrogens is 212 g/mol. The van der Waals surface area contributed by atoms with Crippen LogP contribution in [0.1, 0.15) is 25.0 Å². The Morgan fingerprint density at radius 2 is 2.36 bits per heavy atom. The second kappa shape index (κ2) is 3.74. The molecule has 4 heteroatoms. The van der Waals surface area contributed by atoms with Gasteiger partial charge in [-0.25, -0.2) is 0 Å². The van der Waals surface area contributed by atoms with Crippen molar-refractivity contribution in [3.8, 4) is 0 Å². The molecule has 0 bridgehead atoms. The molecule has 1 saturated carbocycles. The Labute approximate surface area is 94.1 Å². The molecule has 1 aliphatic rings. The van der Waals surface area contributed by atoms with E-state index in [4.69, 9.17) is 12.2 Å². The molecule has 14 heavy (non-hydrogen) atoms. The molecule has 1 aromatic heterocycles. The van der Waals surface area contributed by atoms with E-state index in [1.54, 1.807) is 0 Å². The van der Waals surface area contributed by atoms with E-state index in [1.165, 1.54) is 19.3 Å². The fraction of sp³-hybridized carbons (Fsp3) is 0.700. The highest BCUT2D eigenvalue weighted by Gasteiger charge is 2.36. The van der Waals surface area contributed by atoms with Gasteiger partial charge in [-0.2, -0.15) is 11.8 Å². The number of nitrogens with one attached hydrogen (secondary N) is 1. The standard InChI is InChI=1S/C10H16N2S2/c1-8-6-12(9(13)11-8)7-10(14-2)4-3-5-10/h6H,3-5,7H2,1-2H3,(H,11,13). The fourth-order valence-corrected chi connectivity index (χ4v) is 3.23. The third kappa shape index (κ3) is 1.77. The van der Waals surface area contributed by atoms with Gasteiger partial charge in [-0.15, -0.1) is 0 Å². The van der Waals surface area contributed by atoms with Crippen molar-refractivity contribution < 1.29 is 0 Å². The van der Waals surface area contributed by atoms with Crippen LogP contribution < -0.4 is 0 Å². The van der Waals surface area contributed by atoms with E-state index >= 15 is 0 Å². The lowest BCUT2D eigenvalue weighted by Gasteiger charge is -2.40. The largest absolute Gasteiger partial charge is 0.335 e. The van der Waals surface area contributed by atoms with Gasteiger partial charge in [0.2, 0.25) is 0 Å². The lowest BCUT2D eigenvalue weighted by molar-refractivity contribution is 0.320. The van der Waals surface area contributed by atoms with Crippen LogP contribution in [0.25, 0.3) is 0 Å². The number of hydrogen-bond acceptors (Lipinski definition) is 2. The first-order valence-electron chi connectivity index (χ1n) is 4.96. The van der Waals surface area contributed by atoms with Gasteiger partial charge in [0.15, 0.2) is 4.77 Å². The molecule has 0 spiro atoms. The van der Waals surface area contributed by atoms with E-state index in [0.29, 0.717) is 4.75 Å². The number of aromatic nitrogens is 2. The minimum Gasteiger partial charge on any atom is -0.335 e. The normalized spacial score (nSPS) is 19.3. The summed E-state index contributed by atoms with van der Waals surface area (Å²) in [4.78, 5) is 3.17. The van der Waals surface area contributed by atoms with Crippen LogP contribution in [0, 0.1) is 11.7 Å². The highest BCUT2D eigenvalue weighted by molar-refractivity contribution is 8.00. The molecule has 1 fully saturated rings. The van der Waals surface area contributed by atoms with Crippen molar-refractivity contribution in [2.24, 2.45) is 0 Å². The van der Waals surface area contributed by atoms with Crippen LogP contribution in [0.5, 0.6) is 0 Å². The molecule has 1 N–H and O–H groups in total. The van der Waals surface area contributed by atoms with Gasteiger partial charge in [-0.1, -0.05) is 6.42 Å². The Hall–Kier alpha value is -0.220. The number of aromatic amines is 1. The topological polar surface area (TPSA) is 20.7 Å². The van der Waals surface area contributed by atoms with Gasteiger partial charge in [0.1, 0.15) is 0 Å². The van der Waals surface area contributed by atoms with Crippen molar-refractivity contribution in [3.63, 3.8) is 0 Å². The van der Waals surface area contributed by atoms with Gasteiger partial charge < -0.3 is 9.55 Å². The molecule has 1 aliphatic carbocycles. The first-order chi connectivity index (χ1) is 6.65. The summed E-state index contributed by atoms with van der Waals surface area (Å²) in [6.07, 6.45) is 8.37. The van der Waals surface area contributed by atoms with Crippen LogP contribution in [-0.4, -0.2) is 20.6 Å². The van der Waals surface area contributed by atoms with Crippen molar-refractivity contribution in [2.45, 2.75) is 37.5 Å². The Balaban J connectivity index is 2.17. The Kier molecular flexibility index (Phi) is 2.75. The highest BCUT2D eigenvalue weighted by atomic mass is 32.2. The van der Waals surface area contributed by atoms with Crippen LogP contribution in [0.2, 0.25) is 0 Å². The summed E-state index contributed by atoms with van der Waals surface area (Å²) < 4.78 is 3.51. The van der Waals surface area contributed by atoms with Crippen LogP contribution in [0.4, 0.5) is 0 Å². The number of H-pyrrole nitrogens is 1. The molecule has 1 aromatic rings. The minimum atomic E-state index is 0.465. The third-order valence-electron chi connectivity index (χ3n) is 3.07. The number of hydrogen-bond donors (Lipinski definition) is 1. The number of aryl methyl sites for hydroxylation is 1. The van der Waals surface area contributed by atoms with Crippen LogP contribution in [0.15, 0.2) is 6.20 Å². The van der Waals surface area contributed by atoms with Crippen LogP contribution in [0.3, 0.4) is 0 Å². The minimum absolute atomic E-state index is 0.465. The van der Waals surface area contributed by atoms with Crippen molar-refractivity contribution in [1.29, 1.82) is 0 Å². The Morgan fingerprint density at radius 3 is 2.71 bits per heavy atom. The monoisotopic (exact) mass is 228 g/mol. The molecule has 0 unspecified atom stereocenters. The molecule has 0 atom stereocenters. The second-order valence-corrected chi connectivity index (χ2v) is 5.77. The summed E-state index contributed by atoms with van der Waals surface area (Å²) in [5, 5.41) is 0. The summed E-state index contributed by atoms with van der Waals surface area (Å²) in [7, 11) is 0. The summed E-state index contributed by atoms with van der Waals surface area (Å²) in [6.45, 7) is 3.12. The summed E-state index contributed by atoms with van der Waals surface area (Å²) >= 11 is 7.25. The fourth-order valence-electron chi connectivity index (χ4n) is 1.99. The number of rotatable bonds is 3. The maximum absolute atomic E-state index is 5.26. The summed E-state index contributed by atoms with van der Waals surface area (Å²) in [5.41, 5.74) is 1.16. The SMILES string of the molecule is CSC1(Cn2cc(C)[nH]c2=S)CCC1. The quantitative estimate of drug-likeness (QED) is 0.802. The average Bonchev–Trinajstić information content (AvgIpc) is 2.38. The third-order valence-corrected chi connectivity index (χ3v) is 4.81. The molecule has 78 valence electrons. The maximum Gasteiger partial charge on any atom is 0.177 e. The van der Waals surface area contributed by atoms with Crippen molar-refractivity contribution in [3.05, 3.63) is 16.7 Å². The average molecular weight is 228 g/mol. The Morgan fingerprint density at radius 1 is 1.64 bits per heavy atom. The molecule has 0 saturated heterocycles. The zero-order chi connectivity index (χ0) is 10.2. The molecule has 2 rings (SSSR count). The molecule has 0 amide bonds. The van der Waals surface area contributed by atoms with Gasteiger partial charge in [-0.05, 0) is 38.2 Å². The molecule has 0 aliphatic heterocycles. The zero-order valence-corrected chi connectivity index (χ0v) is 10.3. The smallest absolute Gasteiger partial charge is 0.177 e. The van der Waals surface area contributed by atoms with E-state index < -0.39 is 0 Å². The van der Waals surface area contributed by atoms with Gasteiger partial charge in [0.25, 0.3) is 0 Å². The van der Waals surface area contributed by atoms with Crippen LogP contribution in [-0.2, 0) is 6.54 Å². The van der Waals surface area contributed by atoms with Gasteiger partial charge in [-0.3, -0.25) is 0 Å². The number of imidazole rings is 1. The van der Waals surface area contributed by atoms with Crippen molar-refractivity contribution >= 4 is 24.0 Å². The number of nitrogens with zero attached hydrogens (tertiary/aromatic N) is 1. The lowest BCUT2D eigenvalue weighted by Crippen LogP contribution is -2.37. The first-order valence-corrected chi connectivity index (χ1v) is 6.60.